The quantitative estimate of drug-likeness (QED) is 0.121. The summed E-state index contributed by atoms with van der Waals surface area (Å²) in [6, 6.07) is 101. The maximum atomic E-state index is 2.33. The van der Waals surface area contributed by atoms with Crippen molar-refractivity contribution in [2.75, 3.05) is 9.80 Å². The van der Waals surface area contributed by atoms with Gasteiger partial charge in [-0.1, -0.05) is 217 Å². The molecule has 0 heterocycles. The highest BCUT2D eigenvalue weighted by molar-refractivity contribution is 5.83. The molecular weight excluding hydrogens is 845 g/mol. The van der Waals surface area contributed by atoms with Gasteiger partial charge >= 0.3 is 0 Å². The van der Waals surface area contributed by atoms with Gasteiger partial charge in [-0.05, 0) is 153 Å². The first-order chi connectivity index (χ1) is 34.5. The largest absolute Gasteiger partial charge is 0.311 e. The summed E-state index contributed by atoms with van der Waals surface area (Å²) in [4.78, 5) is 4.65. The Morgan fingerprint density at radius 1 is 0.157 bits per heavy atom. The summed E-state index contributed by atoms with van der Waals surface area (Å²) >= 11 is 0. The molecule has 0 N–H and O–H groups in total. The second-order valence-electron chi connectivity index (χ2n) is 18.0. The topological polar surface area (TPSA) is 6.48 Å². The van der Waals surface area contributed by atoms with E-state index in [1.165, 1.54) is 77.9 Å². The molecule has 11 rings (SSSR count). The van der Waals surface area contributed by atoms with E-state index in [0.29, 0.717) is 0 Å². The number of nitrogens with zero attached hydrogens (tertiary/aromatic N) is 2. The fraction of sp³-hybridized carbons (Fsp3) is 0.0294. The highest BCUT2D eigenvalue weighted by Gasteiger charge is 2.16. The normalized spacial score (nSPS) is 11.0. The van der Waals surface area contributed by atoms with Crippen LogP contribution in [0.25, 0.3) is 66.8 Å². The van der Waals surface area contributed by atoms with Crippen LogP contribution in [0, 0.1) is 13.8 Å². The van der Waals surface area contributed by atoms with Crippen molar-refractivity contribution in [3.05, 3.63) is 290 Å². The summed E-state index contributed by atoms with van der Waals surface area (Å²) in [5.74, 6) is 0. The number of aryl methyl sites for hydroxylation is 2. The third kappa shape index (κ3) is 9.45. The second-order valence-corrected chi connectivity index (χ2v) is 18.0. The summed E-state index contributed by atoms with van der Waals surface area (Å²) in [6.07, 6.45) is 0. The molecular formula is C68H52N2. The summed E-state index contributed by atoms with van der Waals surface area (Å²) < 4.78 is 0. The molecule has 2 nitrogen and oxygen atoms in total. The molecule has 2 heteroatoms. The lowest BCUT2D eigenvalue weighted by Gasteiger charge is -2.26. The molecule has 0 aliphatic rings. The lowest BCUT2D eigenvalue weighted by molar-refractivity contribution is 1.27. The average Bonchev–Trinajstić information content (AvgIpc) is 3.43. The second kappa shape index (κ2) is 19.7. The van der Waals surface area contributed by atoms with Gasteiger partial charge in [0.1, 0.15) is 0 Å². The Morgan fingerprint density at radius 2 is 0.300 bits per heavy atom. The molecule has 70 heavy (non-hydrogen) atoms. The minimum absolute atomic E-state index is 1.10. The molecule has 0 atom stereocenters. The zero-order valence-electron chi connectivity index (χ0n) is 39.5. The van der Waals surface area contributed by atoms with Crippen molar-refractivity contribution < 1.29 is 0 Å². The minimum atomic E-state index is 1.10. The predicted octanol–water partition coefficient (Wildman–Crippen LogP) is 19.2. The number of hydrogen-bond acceptors (Lipinski definition) is 2. The first kappa shape index (κ1) is 43.6. The van der Waals surface area contributed by atoms with E-state index in [0.717, 1.165) is 34.1 Å². The van der Waals surface area contributed by atoms with E-state index in [4.69, 9.17) is 0 Å². The molecule has 11 aromatic carbocycles. The van der Waals surface area contributed by atoms with Gasteiger partial charge < -0.3 is 9.80 Å². The standard InChI is InChI=1S/C68H52N2/c1-49-13-37-63(38-14-49)69(64-39-15-50(2)16-40-64)65-45-33-61(34-46-65)57-25-21-55(22-26-57)53-17-19-54(20-18-53)56-23-27-58(28-24-56)62-35-47-68(48-36-62)70(66-41-29-59(30-42-66)51-9-5-3-6-10-51)67-43-31-60(32-44-67)52-11-7-4-8-12-52/h3-48H,1-2H3. The van der Waals surface area contributed by atoms with Crippen LogP contribution < -0.4 is 9.80 Å². The van der Waals surface area contributed by atoms with Gasteiger partial charge in [-0.15, -0.1) is 0 Å². The lowest BCUT2D eigenvalue weighted by Crippen LogP contribution is -2.09. The Hall–Kier alpha value is -8.98. The summed E-state index contributed by atoms with van der Waals surface area (Å²) in [6.45, 7) is 4.26. The maximum Gasteiger partial charge on any atom is 0.0462 e. The molecule has 0 aliphatic heterocycles. The summed E-state index contributed by atoms with van der Waals surface area (Å²) in [5.41, 5.74) is 23.6. The van der Waals surface area contributed by atoms with Crippen molar-refractivity contribution >= 4 is 34.1 Å². The van der Waals surface area contributed by atoms with Gasteiger partial charge in [-0.2, -0.15) is 0 Å². The smallest absolute Gasteiger partial charge is 0.0462 e. The summed E-state index contributed by atoms with van der Waals surface area (Å²) in [7, 11) is 0. The maximum absolute atomic E-state index is 2.33. The molecule has 0 aliphatic carbocycles. The highest BCUT2D eigenvalue weighted by Crippen LogP contribution is 2.39. The van der Waals surface area contributed by atoms with Crippen molar-refractivity contribution in [3.8, 4) is 66.8 Å². The first-order valence-corrected chi connectivity index (χ1v) is 24.1. The van der Waals surface area contributed by atoms with Crippen LogP contribution >= 0.6 is 0 Å². The molecule has 0 saturated heterocycles. The number of hydrogen-bond donors (Lipinski definition) is 0. The van der Waals surface area contributed by atoms with E-state index in [1.54, 1.807) is 0 Å². The third-order valence-electron chi connectivity index (χ3n) is 13.3. The van der Waals surface area contributed by atoms with Crippen LogP contribution in [0.4, 0.5) is 34.1 Å². The molecule has 0 unspecified atom stereocenters. The highest BCUT2D eigenvalue weighted by atomic mass is 15.1. The molecule has 0 spiro atoms. The van der Waals surface area contributed by atoms with Gasteiger partial charge in [0.25, 0.3) is 0 Å². The zero-order valence-corrected chi connectivity index (χ0v) is 39.5. The van der Waals surface area contributed by atoms with Gasteiger partial charge in [-0.3, -0.25) is 0 Å². The van der Waals surface area contributed by atoms with Crippen molar-refractivity contribution in [2.45, 2.75) is 13.8 Å². The fourth-order valence-electron chi connectivity index (χ4n) is 9.32. The van der Waals surface area contributed by atoms with Crippen molar-refractivity contribution in [1.82, 2.24) is 0 Å². The van der Waals surface area contributed by atoms with Crippen molar-refractivity contribution in [3.63, 3.8) is 0 Å². The molecule has 0 bridgehead atoms. The molecule has 0 amide bonds. The van der Waals surface area contributed by atoms with E-state index >= 15 is 0 Å². The number of anilines is 6. The Kier molecular flexibility index (Phi) is 12.3. The molecule has 11 aromatic rings. The number of benzene rings is 11. The van der Waals surface area contributed by atoms with Gasteiger partial charge in [0.2, 0.25) is 0 Å². The van der Waals surface area contributed by atoms with Crippen LogP contribution in [0.2, 0.25) is 0 Å². The lowest BCUT2D eigenvalue weighted by atomic mass is 9.97. The van der Waals surface area contributed by atoms with Gasteiger partial charge in [0.15, 0.2) is 0 Å². The Balaban J connectivity index is 0.780. The SMILES string of the molecule is Cc1ccc(N(c2ccc(C)cc2)c2ccc(-c3ccc(-c4ccc(-c5ccc(-c6ccc(N(c7ccc(-c8ccccc8)cc7)c7ccc(-c8ccccc8)cc7)cc6)cc5)cc4)cc3)cc2)cc1. The van der Waals surface area contributed by atoms with Gasteiger partial charge in [0, 0.05) is 34.1 Å². The van der Waals surface area contributed by atoms with Crippen LogP contribution in [0.1, 0.15) is 11.1 Å². The Labute approximate surface area is 412 Å². The molecule has 0 fully saturated rings. The fourth-order valence-corrected chi connectivity index (χ4v) is 9.32. The molecule has 0 radical (unpaired) electrons. The van der Waals surface area contributed by atoms with E-state index < -0.39 is 0 Å². The minimum Gasteiger partial charge on any atom is -0.311 e. The van der Waals surface area contributed by atoms with Crippen LogP contribution in [0.15, 0.2) is 279 Å². The van der Waals surface area contributed by atoms with Crippen LogP contribution in [-0.4, -0.2) is 0 Å². The van der Waals surface area contributed by atoms with Crippen LogP contribution in [-0.2, 0) is 0 Å². The monoisotopic (exact) mass is 896 g/mol. The first-order valence-electron chi connectivity index (χ1n) is 24.1. The Bertz CT molecular complexity index is 3310. The van der Waals surface area contributed by atoms with E-state index in [9.17, 15) is 0 Å². The van der Waals surface area contributed by atoms with E-state index in [-0.39, 0.29) is 0 Å². The Morgan fingerprint density at radius 3 is 0.486 bits per heavy atom. The van der Waals surface area contributed by atoms with Crippen molar-refractivity contribution in [1.29, 1.82) is 0 Å². The molecule has 0 aromatic heterocycles. The van der Waals surface area contributed by atoms with Crippen molar-refractivity contribution in [2.24, 2.45) is 0 Å². The summed E-state index contributed by atoms with van der Waals surface area (Å²) in [5, 5.41) is 0. The molecule has 334 valence electrons. The van der Waals surface area contributed by atoms with Gasteiger partial charge in [-0.25, -0.2) is 0 Å². The molecule has 0 saturated carbocycles. The van der Waals surface area contributed by atoms with E-state index in [2.05, 4.69) is 303 Å². The third-order valence-corrected chi connectivity index (χ3v) is 13.3. The van der Waals surface area contributed by atoms with E-state index in [1.807, 2.05) is 0 Å². The van der Waals surface area contributed by atoms with Crippen LogP contribution in [0.5, 0.6) is 0 Å². The van der Waals surface area contributed by atoms with Gasteiger partial charge in [0.05, 0.1) is 0 Å². The number of rotatable bonds is 12. The average molecular weight is 897 g/mol. The van der Waals surface area contributed by atoms with Crippen LogP contribution in [0.3, 0.4) is 0 Å². The zero-order chi connectivity index (χ0) is 47.2. The predicted molar refractivity (Wildman–Crippen MR) is 298 cm³/mol.